The van der Waals surface area contributed by atoms with Crippen molar-refractivity contribution in [3.63, 3.8) is 0 Å². The van der Waals surface area contributed by atoms with E-state index in [-0.39, 0.29) is 6.61 Å². The van der Waals surface area contributed by atoms with Crippen LogP contribution >= 0.6 is 0 Å². The second-order valence-electron chi connectivity index (χ2n) is 2.35. The summed E-state index contributed by atoms with van der Waals surface area (Å²) in [6.07, 6.45) is 3.87. The zero-order valence-electron chi connectivity index (χ0n) is 7.88. The molecule has 0 saturated carbocycles. The third kappa shape index (κ3) is 4.13. The normalized spacial score (nSPS) is 16.6. The molecule has 1 aliphatic heterocycles. The standard InChI is InChI=1S/C7H12N2O.C2H6/c8-6(5-10)4-7-2-1-3-9-7;1-2/h4,10H,1-3,5,8H2;1-2H3/b6-4-;. The van der Waals surface area contributed by atoms with E-state index in [2.05, 4.69) is 4.99 Å². The van der Waals surface area contributed by atoms with Gasteiger partial charge in [-0.25, -0.2) is 0 Å². The van der Waals surface area contributed by atoms with Gasteiger partial charge in [0.15, 0.2) is 0 Å². The van der Waals surface area contributed by atoms with Crippen LogP contribution in [0.4, 0.5) is 0 Å². The molecule has 0 amide bonds. The second kappa shape index (κ2) is 6.85. The molecule has 1 aliphatic rings. The summed E-state index contributed by atoms with van der Waals surface area (Å²) in [5, 5.41) is 8.55. The van der Waals surface area contributed by atoms with E-state index in [1.807, 2.05) is 13.8 Å². The van der Waals surface area contributed by atoms with Crippen LogP contribution < -0.4 is 5.73 Å². The molecule has 0 aromatic heterocycles. The summed E-state index contributed by atoms with van der Waals surface area (Å²) < 4.78 is 0. The minimum atomic E-state index is -0.0704. The second-order valence-corrected chi connectivity index (χ2v) is 2.35. The fourth-order valence-corrected chi connectivity index (χ4v) is 0.939. The van der Waals surface area contributed by atoms with Gasteiger partial charge in [-0.05, 0) is 18.9 Å². The van der Waals surface area contributed by atoms with Crippen molar-refractivity contribution in [3.05, 3.63) is 11.8 Å². The van der Waals surface area contributed by atoms with Crippen molar-refractivity contribution < 1.29 is 5.11 Å². The first-order chi connectivity index (χ1) is 5.83. The number of nitrogens with zero attached hydrogens (tertiary/aromatic N) is 1. The fourth-order valence-electron chi connectivity index (χ4n) is 0.939. The first-order valence-corrected chi connectivity index (χ1v) is 4.43. The van der Waals surface area contributed by atoms with Gasteiger partial charge in [-0.15, -0.1) is 0 Å². The largest absolute Gasteiger partial charge is 0.400 e. The predicted octanol–water partition coefficient (Wildman–Crippen LogP) is 1.08. The summed E-state index contributed by atoms with van der Waals surface area (Å²) in [5.41, 5.74) is 6.90. The number of hydrogen-bond acceptors (Lipinski definition) is 3. The smallest absolute Gasteiger partial charge is 0.0826 e. The number of rotatable bonds is 2. The maximum absolute atomic E-state index is 8.55. The van der Waals surface area contributed by atoms with E-state index in [9.17, 15) is 0 Å². The molecule has 70 valence electrons. The minimum Gasteiger partial charge on any atom is -0.400 e. The average molecular weight is 170 g/mol. The first-order valence-electron chi connectivity index (χ1n) is 4.43. The quantitative estimate of drug-likeness (QED) is 0.651. The maximum atomic E-state index is 8.55. The summed E-state index contributed by atoms with van der Waals surface area (Å²) in [4.78, 5) is 4.17. The highest BCUT2D eigenvalue weighted by Crippen LogP contribution is 2.05. The Bertz CT molecular complexity index is 173. The third-order valence-electron chi connectivity index (χ3n) is 1.44. The van der Waals surface area contributed by atoms with E-state index in [0.29, 0.717) is 5.70 Å². The van der Waals surface area contributed by atoms with Crippen LogP contribution in [0.2, 0.25) is 0 Å². The van der Waals surface area contributed by atoms with Crippen LogP contribution in [-0.4, -0.2) is 24.0 Å². The number of aliphatic hydroxyl groups excluding tert-OH is 1. The highest BCUT2D eigenvalue weighted by molar-refractivity contribution is 5.96. The van der Waals surface area contributed by atoms with E-state index in [1.54, 1.807) is 6.08 Å². The topological polar surface area (TPSA) is 58.6 Å². The van der Waals surface area contributed by atoms with E-state index in [4.69, 9.17) is 10.8 Å². The molecule has 0 fully saturated rings. The summed E-state index contributed by atoms with van der Waals surface area (Å²) in [6.45, 7) is 4.84. The Morgan fingerprint density at radius 3 is 2.75 bits per heavy atom. The molecular formula is C9H18N2O. The number of hydrogen-bond donors (Lipinski definition) is 2. The molecule has 1 heterocycles. The summed E-state index contributed by atoms with van der Waals surface area (Å²) in [6, 6.07) is 0. The number of aliphatic imine (C=N–C) groups is 1. The Balaban J connectivity index is 0.000000561. The van der Waals surface area contributed by atoms with Gasteiger partial charge < -0.3 is 10.8 Å². The van der Waals surface area contributed by atoms with Gasteiger partial charge in [0.25, 0.3) is 0 Å². The number of allylic oxidation sites excluding steroid dienone is 1. The van der Waals surface area contributed by atoms with Crippen molar-refractivity contribution in [2.75, 3.05) is 13.2 Å². The van der Waals surface area contributed by atoms with Gasteiger partial charge in [-0.3, -0.25) is 4.99 Å². The lowest BCUT2D eigenvalue weighted by Crippen LogP contribution is -2.04. The molecule has 3 nitrogen and oxygen atoms in total. The van der Waals surface area contributed by atoms with E-state index in [0.717, 1.165) is 25.1 Å². The van der Waals surface area contributed by atoms with Crippen LogP contribution in [0.25, 0.3) is 0 Å². The van der Waals surface area contributed by atoms with Crippen molar-refractivity contribution in [2.45, 2.75) is 26.7 Å². The molecule has 0 saturated heterocycles. The van der Waals surface area contributed by atoms with Gasteiger partial charge >= 0.3 is 0 Å². The predicted molar refractivity (Wildman–Crippen MR) is 52.2 cm³/mol. The fraction of sp³-hybridized carbons (Fsp3) is 0.667. The zero-order chi connectivity index (χ0) is 9.40. The monoisotopic (exact) mass is 170 g/mol. The van der Waals surface area contributed by atoms with Gasteiger partial charge in [0.2, 0.25) is 0 Å². The third-order valence-corrected chi connectivity index (χ3v) is 1.44. The zero-order valence-corrected chi connectivity index (χ0v) is 7.88. The molecule has 0 unspecified atom stereocenters. The van der Waals surface area contributed by atoms with Crippen molar-refractivity contribution in [3.8, 4) is 0 Å². The van der Waals surface area contributed by atoms with Crippen molar-refractivity contribution >= 4 is 5.71 Å². The van der Waals surface area contributed by atoms with E-state index in [1.165, 1.54) is 0 Å². The lowest BCUT2D eigenvalue weighted by atomic mass is 10.2. The van der Waals surface area contributed by atoms with E-state index >= 15 is 0 Å². The Hall–Kier alpha value is -0.830. The highest BCUT2D eigenvalue weighted by Gasteiger charge is 2.02. The summed E-state index contributed by atoms with van der Waals surface area (Å²) in [5.74, 6) is 0. The maximum Gasteiger partial charge on any atom is 0.0826 e. The molecule has 0 radical (unpaired) electrons. The van der Waals surface area contributed by atoms with Crippen molar-refractivity contribution in [1.29, 1.82) is 0 Å². The molecule has 3 N–H and O–H groups in total. The lowest BCUT2D eigenvalue weighted by molar-refractivity contribution is 0.330. The Kier molecular flexibility index (Phi) is 6.38. The van der Waals surface area contributed by atoms with Gasteiger partial charge in [-0.1, -0.05) is 13.8 Å². The Morgan fingerprint density at radius 2 is 2.33 bits per heavy atom. The van der Waals surface area contributed by atoms with Crippen LogP contribution in [-0.2, 0) is 0 Å². The Morgan fingerprint density at radius 1 is 1.67 bits per heavy atom. The molecule has 0 aromatic carbocycles. The summed E-state index contributed by atoms with van der Waals surface area (Å²) in [7, 11) is 0. The molecule has 0 aromatic rings. The lowest BCUT2D eigenvalue weighted by Gasteiger charge is -1.93. The first kappa shape index (κ1) is 11.2. The molecule has 0 atom stereocenters. The molecule has 0 bridgehead atoms. The molecular weight excluding hydrogens is 152 g/mol. The van der Waals surface area contributed by atoms with Gasteiger partial charge in [0.05, 0.1) is 6.61 Å². The van der Waals surface area contributed by atoms with E-state index < -0.39 is 0 Å². The number of aliphatic hydroxyl groups is 1. The molecule has 1 rings (SSSR count). The van der Waals surface area contributed by atoms with Gasteiger partial charge in [0.1, 0.15) is 0 Å². The van der Waals surface area contributed by atoms with Crippen LogP contribution in [0, 0.1) is 0 Å². The summed E-state index contributed by atoms with van der Waals surface area (Å²) >= 11 is 0. The number of nitrogens with two attached hydrogens (primary N) is 1. The molecule has 0 aliphatic carbocycles. The Labute approximate surface area is 74.0 Å². The van der Waals surface area contributed by atoms with Gasteiger partial charge in [0, 0.05) is 18.0 Å². The average Bonchev–Trinajstić information content (AvgIpc) is 2.60. The van der Waals surface area contributed by atoms with Crippen LogP contribution in [0.3, 0.4) is 0 Å². The van der Waals surface area contributed by atoms with Gasteiger partial charge in [-0.2, -0.15) is 0 Å². The molecule has 0 spiro atoms. The van der Waals surface area contributed by atoms with Crippen molar-refractivity contribution in [1.82, 2.24) is 0 Å². The SMILES string of the molecule is CC.N/C(=C\C1=NCCC1)CO. The van der Waals surface area contributed by atoms with Crippen molar-refractivity contribution in [2.24, 2.45) is 10.7 Å². The van der Waals surface area contributed by atoms with Crippen LogP contribution in [0.15, 0.2) is 16.8 Å². The van der Waals surface area contributed by atoms with Crippen LogP contribution in [0.5, 0.6) is 0 Å². The highest BCUT2D eigenvalue weighted by atomic mass is 16.3. The molecule has 3 heteroatoms. The molecule has 12 heavy (non-hydrogen) atoms. The minimum absolute atomic E-state index is 0.0704. The van der Waals surface area contributed by atoms with Crippen LogP contribution in [0.1, 0.15) is 26.7 Å².